The van der Waals surface area contributed by atoms with Crippen LogP contribution in [-0.2, 0) is 0 Å². The molecular weight excluding hydrogens is 392 g/mol. The van der Waals surface area contributed by atoms with E-state index in [1.165, 1.54) is 6.42 Å². The Labute approximate surface area is 185 Å². The molecule has 11 atom stereocenters. The fourth-order valence-corrected chi connectivity index (χ4v) is 9.45. The number of fused-ring (bicyclic) bond motifs is 5. The van der Waals surface area contributed by atoms with Crippen LogP contribution in [0.3, 0.4) is 0 Å². The minimum Gasteiger partial charge on any atom is -0.393 e. The van der Waals surface area contributed by atoms with Crippen LogP contribution in [0, 0.1) is 46.3 Å². The van der Waals surface area contributed by atoms with E-state index in [4.69, 9.17) is 4.52 Å². The van der Waals surface area contributed by atoms with Gasteiger partial charge < -0.3 is 10.2 Å². The molecular formula is C25H40N2O4. The lowest BCUT2D eigenvalue weighted by atomic mass is 9.41. The van der Waals surface area contributed by atoms with Gasteiger partial charge in [-0.05, 0) is 91.3 Å². The maximum Gasteiger partial charge on any atom is 0.438 e. The van der Waals surface area contributed by atoms with Gasteiger partial charge in [0, 0.05) is 5.92 Å². The minimum absolute atomic E-state index is 0.146. The van der Waals surface area contributed by atoms with Crippen LogP contribution in [0.1, 0.15) is 90.8 Å². The highest BCUT2D eigenvalue weighted by atomic mass is 16.5. The van der Waals surface area contributed by atoms with E-state index in [0.29, 0.717) is 35.4 Å². The minimum atomic E-state index is -0.475. The van der Waals surface area contributed by atoms with Crippen molar-refractivity contribution < 1.29 is 14.7 Å². The molecule has 0 bridgehead atoms. The molecule has 4 fully saturated rings. The Bertz CT molecular complexity index is 866. The van der Waals surface area contributed by atoms with Crippen molar-refractivity contribution in [1.29, 1.82) is 0 Å². The average molecular weight is 433 g/mol. The van der Waals surface area contributed by atoms with E-state index in [-0.39, 0.29) is 34.9 Å². The van der Waals surface area contributed by atoms with Crippen LogP contribution in [0.2, 0.25) is 0 Å². The van der Waals surface area contributed by atoms with Crippen molar-refractivity contribution in [3.63, 3.8) is 0 Å². The zero-order valence-corrected chi connectivity index (χ0v) is 19.5. The summed E-state index contributed by atoms with van der Waals surface area (Å²) in [5.41, 5.74) is 0.374. The Balaban J connectivity index is 1.48. The van der Waals surface area contributed by atoms with Gasteiger partial charge in [0.05, 0.1) is 12.2 Å². The molecule has 174 valence electrons. The Morgan fingerprint density at radius 3 is 2.48 bits per heavy atom. The molecule has 0 saturated heterocycles. The third kappa shape index (κ3) is 3.03. The predicted molar refractivity (Wildman–Crippen MR) is 117 cm³/mol. The fourth-order valence-electron chi connectivity index (χ4n) is 9.45. The van der Waals surface area contributed by atoms with Gasteiger partial charge in [-0.3, -0.25) is 9.51 Å². The molecule has 0 spiro atoms. The smallest absolute Gasteiger partial charge is 0.393 e. The Kier molecular flexibility index (Phi) is 5.21. The van der Waals surface area contributed by atoms with E-state index in [2.05, 4.69) is 37.8 Å². The van der Waals surface area contributed by atoms with Gasteiger partial charge in [0.1, 0.15) is 0 Å². The van der Waals surface area contributed by atoms with Crippen molar-refractivity contribution in [3.05, 3.63) is 16.4 Å². The topological polar surface area (TPSA) is 99.4 Å². The summed E-state index contributed by atoms with van der Waals surface area (Å²) in [6, 6.07) is 0. The number of aromatic amines is 1. The van der Waals surface area contributed by atoms with Crippen LogP contribution in [0.5, 0.6) is 0 Å². The molecule has 0 aromatic carbocycles. The van der Waals surface area contributed by atoms with Crippen LogP contribution in [-0.4, -0.2) is 32.6 Å². The molecule has 5 rings (SSSR count). The first-order valence-corrected chi connectivity index (χ1v) is 12.6. The SMILES string of the molecule is CC[C@H]1[C@@H](O)[C@H]2C3CC[C@H]([C@H](C)c4noc(=O)[nH]4)[C@@]3(C)CCC2[C@@]2(C)CC[C@@H](O)C[C@@H]12. The summed E-state index contributed by atoms with van der Waals surface area (Å²) >= 11 is 0. The molecule has 6 nitrogen and oxygen atoms in total. The number of aliphatic hydroxyl groups excluding tert-OH is 2. The van der Waals surface area contributed by atoms with Crippen LogP contribution in [0.15, 0.2) is 9.32 Å². The Morgan fingerprint density at radius 2 is 1.81 bits per heavy atom. The molecule has 3 N–H and O–H groups in total. The number of hydrogen-bond donors (Lipinski definition) is 3. The monoisotopic (exact) mass is 432 g/mol. The van der Waals surface area contributed by atoms with E-state index >= 15 is 0 Å². The molecule has 4 aliphatic carbocycles. The van der Waals surface area contributed by atoms with E-state index in [1.54, 1.807) is 0 Å². The van der Waals surface area contributed by atoms with Crippen LogP contribution in [0.4, 0.5) is 0 Å². The molecule has 1 aromatic rings. The first-order valence-electron chi connectivity index (χ1n) is 12.6. The molecule has 31 heavy (non-hydrogen) atoms. The van der Waals surface area contributed by atoms with E-state index < -0.39 is 5.76 Å². The van der Waals surface area contributed by atoms with Crippen molar-refractivity contribution in [2.24, 2.45) is 46.3 Å². The molecule has 4 saturated carbocycles. The molecule has 2 unspecified atom stereocenters. The average Bonchev–Trinajstić information content (AvgIpc) is 3.32. The zero-order valence-electron chi connectivity index (χ0n) is 19.5. The van der Waals surface area contributed by atoms with Gasteiger partial charge in [-0.1, -0.05) is 39.3 Å². The second kappa shape index (κ2) is 7.44. The molecule has 1 heterocycles. The Hall–Kier alpha value is -1.14. The molecule has 0 aliphatic heterocycles. The van der Waals surface area contributed by atoms with Crippen molar-refractivity contribution in [1.82, 2.24) is 10.1 Å². The maximum atomic E-state index is 11.8. The summed E-state index contributed by atoms with van der Waals surface area (Å²) in [5, 5.41) is 26.2. The van der Waals surface area contributed by atoms with Gasteiger partial charge in [0.15, 0.2) is 5.82 Å². The maximum absolute atomic E-state index is 11.8. The second-order valence-corrected chi connectivity index (χ2v) is 11.9. The summed E-state index contributed by atoms with van der Waals surface area (Å²) in [6.45, 7) is 9.31. The summed E-state index contributed by atoms with van der Waals surface area (Å²) in [5.74, 6) is 2.88. The lowest BCUT2D eigenvalue weighted by molar-refractivity contribution is -0.202. The quantitative estimate of drug-likeness (QED) is 0.668. The van der Waals surface area contributed by atoms with Crippen molar-refractivity contribution in [2.45, 2.75) is 97.2 Å². The van der Waals surface area contributed by atoms with Crippen LogP contribution < -0.4 is 5.76 Å². The lowest BCUT2D eigenvalue weighted by Gasteiger charge is -2.64. The number of aromatic nitrogens is 2. The van der Waals surface area contributed by atoms with E-state index in [9.17, 15) is 15.0 Å². The number of aliphatic hydroxyl groups is 2. The largest absolute Gasteiger partial charge is 0.438 e. The first-order chi connectivity index (χ1) is 14.7. The van der Waals surface area contributed by atoms with E-state index in [1.807, 2.05) is 0 Å². The van der Waals surface area contributed by atoms with Crippen molar-refractivity contribution >= 4 is 0 Å². The third-order valence-corrected chi connectivity index (χ3v) is 11.0. The molecule has 4 aliphatic rings. The van der Waals surface area contributed by atoms with Crippen molar-refractivity contribution in [3.8, 4) is 0 Å². The van der Waals surface area contributed by atoms with Gasteiger partial charge in [-0.15, -0.1) is 0 Å². The van der Waals surface area contributed by atoms with Gasteiger partial charge in [0.2, 0.25) is 0 Å². The number of H-pyrrole nitrogens is 1. The number of nitrogens with zero attached hydrogens (tertiary/aromatic N) is 1. The van der Waals surface area contributed by atoms with Crippen LogP contribution >= 0.6 is 0 Å². The summed E-state index contributed by atoms with van der Waals surface area (Å²) in [6.07, 6.45) is 7.95. The molecule has 0 amide bonds. The normalized spacial score (nSPS) is 50.4. The Morgan fingerprint density at radius 1 is 1.10 bits per heavy atom. The molecule has 6 heteroatoms. The van der Waals surface area contributed by atoms with Crippen molar-refractivity contribution in [2.75, 3.05) is 0 Å². The molecule has 1 aromatic heterocycles. The second-order valence-electron chi connectivity index (χ2n) is 11.9. The van der Waals surface area contributed by atoms with Gasteiger partial charge in [0.25, 0.3) is 0 Å². The highest BCUT2D eigenvalue weighted by Gasteiger charge is 2.65. The standard InChI is InChI=1S/C25H40N2O4/c1-5-15-19-12-14(28)8-10-25(19,4)18-9-11-24(3)16(6-7-17(24)20(18)21(15)29)13(2)22-26-23(30)31-27-22/h13-21,28-29H,5-12H2,1-4H3,(H,26,27,30)/t13-,14+,15+,16+,17?,18?,19-,20-,21+,24+,25+/m0/s1. The highest BCUT2D eigenvalue weighted by molar-refractivity contribution is 5.15. The highest BCUT2D eigenvalue weighted by Crippen LogP contribution is 2.69. The van der Waals surface area contributed by atoms with E-state index in [0.717, 1.165) is 44.9 Å². The lowest BCUT2D eigenvalue weighted by Crippen LogP contribution is -2.62. The predicted octanol–water partition coefficient (Wildman–Crippen LogP) is 4.09. The number of rotatable bonds is 3. The van der Waals surface area contributed by atoms with Gasteiger partial charge in [-0.25, -0.2) is 4.79 Å². The summed E-state index contributed by atoms with van der Waals surface area (Å²) < 4.78 is 4.81. The summed E-state index contributed by atoms with van der Waals surface area (Å²) in [7, 11) is 0. The summed E-state index contributed by atoms with van der Waals surface area (Å²) in [4.78, 5) is 14.3. The fraction of sp³-hybridized carbons (Fsp3) is 0.920. The molecule has 0 radical (unpaired) electrons. The first kappa shape index (κ1) is 21.7. The third-order valence-electron chi connectivity index (χ3n) is 11.0. The van der Waals surface area contributed by atoms with Gasteiger partial charge in [-0.2, -0.15) is 0 Å². The number of hydrogen-bond acceptors (Lipinski definition) is 5. The number of nitrogens with one attached hydrogen (secondary N) is 1. The van der Waals surface area contributed by atoms with Crippen LogP contribution in [0.25, 0.3) is 0 Å². The zero-order chi connectivity index (χ0) is 22.1. The van der Waals surface area contributed by atoms with Gasteiger partial charge >= 0.3 is 5.76 Å².